The number of pyridine rings is 1. The smallest absolute Gasteiger partial charge is 0.139 e. The summed E-state index contributed by atoms with van der Waals surface area (Å²) >= 11 is 0. The molecular formula is C20H19N3. The topological polar surface area (TPSA) is 31.9 Å². The molecule has 1 N–H and O–H groups in total. The normalized spacial score (nSPS) is 11.3. The molecule has 23 heavy (non-hydrogen) atoms. The lowest BCUT2D eigenvalue weighted by atomic mass is 10.00. The molecule has 3 heteroatoms. The number of benzene rings is 2. The summed E-state index contributed by atoms with van der Waals surface area (Å²) in [7, 11) is 4.12. The van der Waals surface area contributed by atoms with Crippen LogP contribution in [0.4, 0.5) is 5.69 Å². The molecule has 0 amide bonds. The number of fused-ring (bicyclic) bond motifs is 3. The number of para-hydroxylation sites is 1. The molecule has 0 atom stereocenters. The van der Waals surface area contributed by atoms with Gasteiger partial charge >= 0.3 is 0 Å². The molecule has 2 aromatic carbocycles. The van der Waals surface area contributed by atoms with Gasteiger partial charge in [0.1, 0.15) is 5.65 Å². The fourth-order valence-electron chi connectivity index (χ4n) is 3.14. The van der Waals surface area contributed by atoms with Crippen LogP contribution in [0.3, 0.4) is 0 Å². The number of nitrogens with one attached hydrogen (secondary N) is 1. The minimum Gasteiger partial charge on any atom is -0.378 e. The average Bonchev–Trinajstić information content (AvgIpc) is 2.92. The third kappa shape index (κ3) is 2.25. The Bertz CT molecular complexity index is 995. The summed E-state index contributed by atoms with van der Waals surface area (Å²) in [6.07, 6.45) is 0. The van der Waals surface area contributed by atoms with Crippen molar-refractivity contribution in [1.29, 1.82) is 0 Å². The van der Waals surface area contributed by atoms with E-state index in [2.05, 4.69) is 83.6 Å². The van der Waals surface area contributed by atoms with E-state index in [1.807, 2.05) is 6.92 Å². The van der Waals surface area contributed by atoms with Crippen molar-refractivity contribution >= 4 is 27.6 Å². The van der Waals surface area contributed by atoms with Crippen LogP contribution in [0.25, 0.3) is 33.1 Å². The van der Waals surface area contributed by atoms with E-state index in [4.69, 9.17) is 0 Å². The Morgan fingerprint density at radius 3 is 2.43 bits per heavy atom. The first-order valence-electron chi connectivity index (χ1n) is 7.79. The summed E-state index contributed by atoms with van der Waals surface area (Å²) in [5, 5.41) is 2.42. The van der Waals surface area contributed by atoms with E-state index in [0.29, 0.717) is 0 Å². The number of H-pyrrole nitrogens is 1. The largest absolute Gasteiger partial charge is 0.378 e. The minimum absolute atomic E-state index is 0.956. The van der Waals surface area contributed by atoms with Crippen LogP contribution < -0.4 is 4.90 Å². The van der Waals surface area contributed by atoms with E-state index >= 15 is 0 Å². The molecule has 0 radical (unpaired) electrons. The predicted molar refractivity (Wildman–Crippen MR) is 98.1 cm³/mol. The third-order valence-electron chi connectivity index (χ3n) is 4.29. The van der Waals surface area contributed by atoms with Gasteiger partial charge in [-0.15, -0.1) is 0 Å². The Morgan fingerprint density at radius 1 is 0.957 bits per heavy atom. The molecule has 0 saturated heterocycles. The maximum Gasteiger partial charge on any atom is 0.139 e. The zero-order chi connectivity index (χ0) is 16.0. The van der Waals surface area contributed by atoms with Crippen molar-refractivity contribution in [1.82, 2.24) is 9.97 Å². The van der Waals surface area contributed by atoms with Crippen LogP contribution >= 0.6 is 0 Å². The molecule has 2 aromatic heterocycles. The van der Waals surface area contributed by atoms with Crippen molar-refractivity contribution in [2.24, 2.45) is 0 Å². The number of aromatic amines is 1. The second-order valence-electron chi connectivity index (χ2n) is 6.15. The van der Waals surface area contributed by atoms with Crippen molar-refractivity contribution in [2.75, 3.05) is 19.0 Å². The summed E-state index contributed by atoms with van der Waals surface area (Å²) in [5.74, 6) is 0. The van der Waals surface area contributed by atoms with Gasteiger partial charge in [0.25, 0.3) is 0 Å². The van der Waals surface area contributed by atoms with Crippen LogP contribution in [-0.4, -0.2) is 24.1 Å². The zero-order valence-electron chi connectivity index (χ0n) is 13.6. The molecule has 114 valence electrons. The maximum absolute atomic E-state index is 4.68. The van der Waals surface area contributed by atoms with E-state index in [-0.39, 0.29) is 0 Å². The molecule has 0 aliphatic rings. The molecule has 2 heterocycles. The predicted octanol–water partition coefficient (Wildman–Crippen LogP) is 4.76. The van der Waals surface area contributed by atoms with Gasteiger partial charge in [0.2, 0.25) is 0 Å². The van der Waals surface area contributed by atoms with Gasteiger partial charge in [-0.05, 0) is 42.3 Å². The monoisotopic (exact) mass is 301 g/mol. The first-order valence-corrected chi connectivity index (χ1v) is 7.79. The second kappa shape index (κ2) is 5.13. The number of anilines is 1. The quantitative estimate of drug-likeness (QED) is 0.579. The standard InChI is InChI=1S/C20H19N3/c1-13-12-17(14-8-10-15(11-9-14)23(2)3)19-16-6-4-5-7-18(16)22-20(19)21-13/h4-12H,1-3H3,(H,21,22). The highest BCUT2D eigenvalue weighted by molar-refractivity contribution is 6.13. The molecule has 3 nitrogen and oxygen atoms in total. The van der Waals surface area contributed by atoms with Gasteiger partial charge in [0.05, 0.1) is 0 Å². The van der Waals surface area contributed by atoms with Gasteiger partial charge in [-0.3, -0.25) is 0 Å². The van der Waals surface area contributed by atoms with Crippen molar-refractivity contribution < 1.29 is 0 Å². The lowest BCUT2D eigenvalue weighted by Crippen LogP contribution is -2.07. The van der Waals surface area contributed by atoms with Gasteiger partial charge in [-0.25, -0.2) is 4.98 Å². The van der Waals surface area contributed by atoms with Crippen LogP contribution in [0.2, 0.25) is 0 Å². The van der Waals surface area contributed by atoms with E-state index in [0.717, 1.165) is 16.9 Å². The Labute approximate surface area is 135 Å². The number of aryl methyl sites for hydroxylation is 1. The summed E-state index contributed by atoms with van der Waals surface area (Å²) in [5.41, 5.74) is 6.76. The minimum atomic E-state index is 0.956. The fraction of sp³-hybridized carbons (Fsp3) is 0.150. The molecule has 0 spiro atoms. The summed E-state index contributed by atoms with van der Waals surface area (Å²) in [6, 6.07) is 19.3. The lowest BCUT2D eigenvalue weighted by molar-refractivity contribution is 1.13. The SMILES string of the molecule is Cc1cc(-c2ccc(N(C)C)cc2)c2c(n1)[nH]c1ccccc12. The molecule has 4 aromatic rings. The fourth-order valence-corrected chi connectivity index (χ4v) is 3.14. The highest BCUT2D eigenvalue weighted by Gasteiger charge is 2.12. The number of hydrogen-bond acceptors (Lipinski definition) is 2. The Morgan fingerprint density at radius 2 is 1.70 bits per heavy atom. The van der Waals surface area contributed by atoms with Crippen LogP contribution in [0.5, 0.6) is 0 Å². The second-order valence-corrected chi connectivity index (χ2v) is 6.15. The Balaban J connectivity index is 2.01. The van der Waals surface area contributed by atoms with Crippen LogP contribution in [-0.2, 0) is 0 Å². The number of rotatable bonds is 2. The van der Waals surface area contributed by atoms with Crippen LogP contribution in [0.1, 0.15) is 5.69 Å². The first kappa shape index (κ1) is 13.8. The van der Waals surface area contributed by atoms with Gasteiger partial charge in [0, 0.05) is 41.8 Å². The van der Waals surface area contributed by atoms with Gasteiger partial charge in [-0.1, -0.05) is 30.3 Å². The Hall–Kier alpha value is -2.81. The van der Waals surface area contributed by atoms with Gasteiger partial charge < -0.3 is 9.88 Å². The summed E-state index contributed by atoms with van der Waals surface area (Å²) < 4.78 is 0. The van der Waals surface area contributed by atoms with Gasteiger partial charge in [-0.2, -0.15) is 0 Å². The zero-order valence-corrected chi connectivity index (χ0v) is 13.6. The number of nitrogens with zero attached hydrogens (tertiary/aromatic N) is 2. The lowest BCUT2D eigenvalue weighted by Gasteiger charge is -2.13. The summed E-state index contributed by atoms with van der Waals surface area (Å²) in [4.78, 5) is 10.2. The van der Waals surface area contributed by atoms with E-state index in [1.54, 1.807) is 0 Å². The number of hydrogen-bond donors (Lipinski definition) is 1. The van der Waals surface area contributed by atoms with Crippen molar-refractivity contribution in [3.63, 3.8) is 0 Å². The van der Waals surface area contributed by atoms with Crippen molar-refractivity contribution in [2.45, 2.75) is 6.92 Å². The molecule has 0 unspecified atom stereocenters. The van der Waals surface area contributed by atoms with Crippen LogP contribution in [0, 0.1) is 6.92 Å². The molecular weight excluding hydrogens is 282 g/mol. The first-order chi connectivity index (χ1) is 11.1. The van der Waals surface area contributed by atoms with Crippen molar-refractivity contribution in [3.8, 4) is 11.1 Å². The van der Waals surface area contributed by atoms with Gasteiger partial charge in [0.15, 0.2) is 0 Å². The molecule has 0 bridgehead atoms. The third-order valence-corrected chi connectivity index (χ3v) is 4.29. The highest BCUT2D eigenvalue weighted by atomic mass is 15.1. The van der Waals surface area contributed by atoms with E-state index in [1.165, 1.54) is 27.6 Å². The number of aromatic nitrogens is 2. The molecule has 0 aliphatic carbocycles. The molecule has 0 saturated carbocycles. The highest BCUT2D eigenvalue weighted by Crippen LogP contribution is 2.34. The van der Waals surface area contributed by atoms with E-state index in [9.17, 15) is 0 Å². The molecule has 4 rings (SSSR count). The van der Waals surface area contributed by atoms with E-state index < -0.39 is 0 Å². The summed E-state index contributed by atoms with van der Waals surface area (Å²) in [6.45, 7) is 2.04. The molecule has 0 aliphatic heterocycles. The van der Waals surface area contributed by atoms with Crippen molar-refractivity contribution in [3.05, 3.63) is 60.3 Å². The molecule has 0 fully saturated rings. The average molecular weight is 301 g/mol. The van der Waals surface area contributed by atoms with Crippen LogP contribution in [0.15, 0.2) is 54.6 Å². The Kier molecular flexibility index (Phi) is 3.08. The maximum atomic E-state index is 4.68.